The molecule has 0 atom stereocenters. The van der Waals surface area contributed by atoms with Gasteiger partial charge in [-0.3, -0.25) is 5.10 Å². The Morgan fingerprint density at radius 1 is 1.15 bits per heavy atom. The van der Waals surface area contributed by atoms with E-state index in [0.717, 1.165) is 41.0 Å². The number of benzene rings is 1. The number of aromatic amines is 1. The summed E-state index contributed by atoms with van der Waals surface area (Å²) in [5.74, 6) is 2.83. The molecular formula is C19H23N7S. The molecule has 0 saturated heterocycles. The van der Waals surface area contributed by atoms with Crippen molar-refractivity contribution in [3.05, 3.63) is 41.9 Å². The fourth-order valence-electron chi connectivity index (χ4n) is 2.58. The van der Waals surface area contributed by atoms with Crippen molar-refractivity contribution in [2.24, 2.45) is 5.92 Å². The van der Waals surface area contributed by atoms with E-state index in [0.29, 0.717) is 16.9 Å². The molecule has 1 saturated carbocycles. The zero-order chi connectivity index (χ0) is 18.6. The summed E-state index contributed by atoms with van der Waals surface area (Å²) < 4.78 is 0. The van der Waals surface area contributed by atoms with Gasteiger partial charge in [-0.05, 0) is 61.7 Å². The van der Waals surface area contributed by atoms with E-state index in [1.807, 2.05) is 19.9 Å². The molecule has 0 radical (unpaired) electrons. The van der Waals surface area contributed by atoms with Gasteiger partial charge in [0.2, 0.25) is 5.95 Å². The molecule has 1 fully saturated rings. The van der Waals surface area contributed by atoms with Crippen LogP contribution in [0.5, 0.6) is 0 Å². The fourth-order valence-corrected chi connectivity index (χ4v) is 3.35. The standard InChI is InChI=1S/C19H23N7S/c1-3-16-21-18(22-17-10-12(2)25-26-17)24-19(23-16)27-15-8-6-14(7-9-15)20-11-13-4-5-13/h6-10,13,20H,3-5,11H2,1-2H3,(H2,21,22,23,24,25,26). The Morgan fingerprint density at radius 2 is 1.96 bits per heavy atom. The van der Waals surface area contributed by atoms with Crippen molar-refractivity contribution < 1.29 is 0 Å². The molecule has 0 spiro atoms. The summed E-state index contributed by atoms with van der Waals surface area (Å²) in [7, 11) is 0. The summed E-state index contributed by atoms with van der Waals surface area (Å²) in [5, 5.41) is 14.4. The van der Waals surface area contributed by atoms with E-state index in [4.69, 9.17) is 0 Å². The number of rotatable bonds is 8. The molecule has 2 aromatic heterocycles. The lowest BCUT2D eigenvalue weighted by molar-refractivity contribution is 0.821. The molecule has 140 valence electrons. The Balaban J connectivity index is 1.46. The normalized spacial score (nSPS) is 13.6. The van der Waals surface area contributed by atoms with Gasteiger partial charge in [-0.15, -0.1) is 0 Å². The van der Waals surface area contributed by atoms with Crippen LogP contribution in [-0.4, -0.2) is 31.7 Å². The first-order valence-corrected chi connectivity index (χ1v) is 10.1. The molecule has 0 unspecified atom stereocenters. The highest BCUT2D eigenvalue weighted by Crippen LogP contribution is 2.30. The predicted octanol–water partition coefficient (Wildman–Crippen LogP) is 4.18. The lowest BCUT2D eigenvalue weighted by Crippen LogP contribution is -2.04. The first kappa shape index (κ1) is 17.8. The summed E-state index contributed by atoms with van der Waals surface area (Å²) in [4.78, 5) is 14.6. The average molecular weight is 382 g/mol. The lowest BCUT2D eigenvalue weighted by atomic mass is 10.3. The molecule has 1 aliphatic rings. The van der Waals surface area contributed by atoms with E-state index in [1.165, 1.54) is 24.6 Å². The molecule has 1 aliphatic carbocycles. The number of aryl methyl sites for hydroxylation is 2. The Hall–Kier alpha value is -2.61. The Kier molecular flexibility index (Phi) is 5.24. The molecule has 8 heteroatoms. The fraction of sp³-hybridized carbons (Fsp3) is 0.368. The smallest absolute Gasteiger partial charge is 0.232 e. The lowest BCUT2D eigenvalue weighted by Gasteiger charge is -2.08. The van der Waals surface area contributed by atoms with Gasteiger partial charge in [0.25, 0.3) is 0 Å². The number of nitrogens with one attached hydrogen (secondary N) is 3. The molecular weight excluding hydrogens is 358 g/mol. The second-order valence-corrected chi connectivity index (χ2v) is 7.76. The van der Waals surface area contributed by atoms with Crippen LogP contribution in [0.2, 0.25) is 0 Å². The zero-order valence-electron chi connectivity index (χ0n) is 15.5. The number of hydrogen-bond donors (Lipinski definition) is 3. The van der Waals surface area contributed by atoms with Crippen LogP contribution in [0.25, 0.3) is 0 Å². The van der Waals surface area contributed by atoms with E-state index in [-0.39, 0.29) is 0 Å². The van der Waals surface area contributed by atoms with E-state index in [9.17, 15) is 0 Å². The van der Waals surface area contributed by atoms with Crippen molar-refractivity contribution in [1.82, 2.24) is 25.1 Å². The molecule has 2 heterocycles. The molecule has 7 nitrogen and oxygen atoms in total. The van der Waals surface area contributed by atoms with Gasteiger partial charge in [0.05, 0.1) is 0 Å². The van der Waals surface area contributed by atoms with Crippen molar-refractivity contribution in [2.75, 3.05) is 17.2 Å². The third kappa shape index (κ3) is 4.97. The second kappa shape index (κ2) is 7.96. The minimum absolute atomic E-state index is 0.513. The monoisotopic (exact) mass is 381 g/mol. The Morgan fingerprint density at radius 3 is 2.63 bits per heavy atom. The molecule has 3 aromatic rings. The highest BCUT2D eigenvalue weighted by atomic mass is 32.2. The van der Waals surface area contributed by atoms with Crippen LogP contribution in [0.3, 0.4) is 0 Å². The highest BCUT2D eigenvalue weighted by Gasteiger charge is 2.20. The number of H-pyrrole nitrogens is 1. The Labute approximate surface area is 162 Å². The summed E-state index contributed by atoms with van der Waals surface area (Å²) >= 11 is 1.53. The van der Waals surface area contributed by atoms with Gasteiger partial charge in [-0.2, -0.15) is 15.1 Å². The molecule has 0 amide bonds. The first-order chi connectivity index (χ1) is 13.2. The minimum Gasteiger partial charge on any atom is -0.385 e. The number of hydrogen-bond acceptors (Lipinski definition) is 7. The van der Waals surface area contributed by atoms with Gasteiger partial charge >= 0.3 is 0 Å². The molecule has 4 rings (SSSR count). The Bertz CT molecular complexity index is 903. The maximum absolute atomic E-state index is 4.54. The van der Waals surface area contributed by atoms with Gasteiger partial charge in [0.1, 0.15) is 5.82 Å². The minimum atomic E-state index is 0.513. The van der Waals surface area contributed by atoms with Gasteiger partial charge in [0.15, 0.2) is 11.0 Å². The maximum atomic E-state index is 4.54. The van der Waals surface area contributed by atoms with Crippen LogP contribution in [0.1, 0.15) is 31.3 Å². The van der Waals surface area contributed by atoms with Crippen molar-refractivity contribution in [3.8, 4) is 0 Å². The third-order valence-corrected chi connectivity index (χ3v) is 5.15. The van der Waals surface area contributed by atoms with Crippen LogP contribution >= 0.6 is 11.8 Å². The van der Waals surface area contributed by atoms with E-state index in [1.54, 1.807) is 0 Å². The second-order valence-electron chi connectivity index (χ2n) is 6.72. The quantitative estimate of drug-likeness (QED) is 0.539. The third-order valence-electron chi connectivity index (χ3n) is 4.28. The van der Waals surface area contributed by atoms with Gasteiger partial charge in [-0.25, -0.2) is 4.98 Å². The molecule has 0 aliphatic heterocycles. The largest absolute Gasteiger partial charge is 0.385 e. The average Bonchev–Trinajstić information content (AvgIpc) is 3.42. The summed E-state index contributed by atoms with van der Waals surface area (Å²) in [6.45, 7) is 5.06. The number of nitrogens with zero attached hydrogens (tertiary/aromatic N) is 4. The van der Waals surface area contributed by atoms with Crippen molar-refractivity contribution in [1.29, 1.82) is 0 Å². The topological polar surface area (TPSA) is 91.4 Å². The van der Waals surface area contributed by atoms with Gasteiger partial charge in [-0.1, -0.05) is 6.92 Å². The molecule has 1 aromatic carbocycles. The molecule has 27 heavy (non-hydrogen) atoms. The number of anilines is 3. The van der Waals surface area contributed by atoms with Crippen LogP contribution in [0, 0.1) is 12.8 Å². The summed E-state index contributed by atoms with van der Waals surface area (Å²) in [5.41, 5.74) is 2.14. The SMILES string of the molecule is CCc1nc(Nc2cc(C)[nH]n2)nc(Sc2ccc(NCC3CC3)cc2)n1. The molecule has 3 N–H and O–H groups in total. The summed E-state index contributed by atoms with van der Waals surface area (Å²) in [6.07, 6.45) is 3.46. The highest BCUT2D eigenvalue weighted by molar-refractivity contribution is 7.99. The van der Waals surface area contributed by atoms with Crippen LogP contribution < -0.4 is 10.6 Å². The van der Waals surface area contributed by atoms with E-state index >= 15 is 0 Å². The van der Waals surface area contributed by atoms with Crippen LogP contribution in [0.4, 0.5) is 17.5 Å². The summed E-state index contributed by atoms with van der Waals surface area (Å²) in [6, 6.07) is 10.3. The van der Waals surface area contributed by atoms with Crippen LogP contribution in [0.15, 0.2) is 40.4 Å². The predicted molar refractivity (Wildman–Crippen MR) is 108 cm³/mol. The molecule has 0 bridgehead atoms. The van der Waals surface area contributed by atoms with Gasteiger partial charge < -0.3 is 10.6 Å². The first-order valence-electron chi connectivity index (χ1n) is 9.23. The van der Waals surface area contributed by atoms with Crippen molar-refractivity contribution in [3.63, 3.8) is 0 Å². The van der Waals surface area contributed by atoms with E-state index in [2.05, 4.69) is 60.0 Å². The van der Waals surface area contributed by atoms with Crippen molar-refractivity contribution >= 4 is 29.2 Å². The zero-order valence-corrected chi connectivity index (χ0v) is 16.3. The maximum Gasteiger partial charge on any atom is 0.232 e. The van der Waals surface area contributed by atoms with Gasteiger partial charge in [0, 0.05) is 35.3 Å². The van der Waals surface area contributed by atoms with E-state index < -0.39 is 0 Å². The van der Waals surface area contributed by atoms with Crippen molar-refractivity contribution in [2.45, 2.75) is 43.2 Å². The van der Waals surface area contributed by atoms with Crippen LogP contribution in [-0.2, 0) is 6.42 Å². The number of aromatic nitrogens is 5.